The third-order valence-corrected chi connectivity index (χ3v) is 3.79. The molecule has 1 atom stereocenters. The van der Waals surface area contributed by atoms with Crippen LogP contribution in [0, 0.1) is 0 Å². The maximum atomic E-state index is 9.14. The Labute approximate surface area is 113 Å². The van der Waals surface area contributed by atoms with Crippen LogP contribution < -0.4 is 10.2 Å². The number of aromatic nitrogens is 1. The van der Waals surface area contributed by atoms with E-state index in [1.54, 1.807) is 18.4 Å². The van der Waals surface area contributed by atoms with E-state index in [9.17, 15) is 0 Å². The van der Waals surface area contributed by atoms with Crippen molar-refractivity contribution in [1.29, 1.82) is 0 Å². The van der Waals surface area contributed by atoms with Gasteiger partial charge < -0.3 is 20.1 Å². The molecule has 0 spiro atoms. The monoisotopic (exact) mass is 273 g/mol. The van der Waals surface area contributed by atoms with Crippen molar-refractivity contribution in [3.05, 3.63) is 11.1 Å². The Bertz CT molecular complexity index is 329. The highest BCUT2D eigenvalue weighted by molar-refractivity contribution is 7.15. The summed E-state index contributed by atoms with van der Waals surface area (Å²) in [6.45, 7) is 7.51. The normalized spacial score (nSPS) is 12.7. The lowest BCUT2D eigenvalue weighted by molar-refractivity contribution is 0.128. The standard InChI is InChI=1S/C12H23N3O2S/c1-4-15(5-2)12-14-7-11(18-12)6-13-10(8-16)9-17-3/h7,10,13,16H,4-6,8-9H2,1-3H3. The number of methoxy groups -OCH3 is 1. The molecule has 0 amide bonds. The first-order valence-electron chi connectivity index (χ1n) is 6.27. The molecule has 5 nitrogen and oxygen atoms in total. The molecule has 0 aliphatic heterocycles. The summed E-state index contributed by atoms with van der Waals surface area (Å²) in [6.07, 6.45) is 1.90. The zero-order valence-electron chi connectivity index (χ0n) is 11.3. The zero-order valence-corrected chi connectivity index (χ0v) is 12.2. The fourth-order valence-electron chi connectivity index (χ4n) is 1.64. The van der Waals surface area contributed by atoms with Crippen molar-refractivity contribution < 1.29 is 9.84 Å². The predicted octanol–water partition coefficient (Wildman–Crippen LogP) is 1.09. The van der Waals surface area contributed by atoms with E-state index >= 15 is 0 Å². The van der Waals surface area contributed by atoms with E-state index in [0.717, 1.165) is 18.2 Å². The summed E-state index contributed by atoms with van der Waals surface area (Å²) >= 11 is 1.69. The Balaban J connectivity index is 2.48. The van der Waals surface area contributed by atoms with Gasteiger partial charge in [0.25, 0.3) is 0 Å². The van der Waals surface area contributed by atoms with Gasteiger partial charge in [0.05, 0.1) is 19.3 Å². The Hall–Kier alpha value is -0.690. The van der Waals surface area contributed by atoms with Gasteiger partial charge in [0.1, 0.15) is 0 Å². The van der Waals surface area contributed by atoms with E-state index in [-0.39, 0.29) is 12.6 Å². The second-order valence-electron chi connectivity index (χ2n) is 4.00. The summed E-state index contributed by atoms with van der Waals surface area (Å²) < 4.78 is 5.02. The van der Waals surface area contributed by atoms with Crippen molar-refractivity contribution in [1.82, 2.24) is 10.3 Å². The van der Waals surface area contributed by atoms with Gasteiger partial charge in [-0.05, 0) is 13.8 Å². The van der Waals surface area contributed by atoms with Crippen LogP contribution >= 0.6 is 11.3 Å². The number of ether oxygens (including phenoxy) is 1. The number of hydrogen-bond acceptors (Lipinski definition) is 6. The van der Waals surface area contributed by atoms with Gasteiger partial charge in [-0.25, -0.2) is 4.98 Å². The highest BCUT2D eigenvalue weighted by Gasteiger charge is 2.10. The molecule has 1 rings (SSSR count). The van der Waals surface area contributed by atoms with Gasteiger partial charge in [-0.3, -0.25) is 0 Å². The van der Waals surface area contributed by atoms with Crippen LogP contribution in [0.1, 0.15) is 18.7 Å². The lowest BCUT2D eigenvalue weighted by Gasteiger charge is -2.16. The third kappa shape index (κ3) is 4.53. The minimum Gasteiger partial charge on any atom is -0.395 e. The van der Waals surface area contributed by atoms with Gasteiger partial charge in [0.15, 0.2) is 5.13 Å². The Morgan fingerprint density at radius 3 is 2.78 bits per heavy atom. The molecule has 1 aromatic rings. The lowest BCUT2D eigenvalue weighted by Crippen LogP contribution is -2.35. The molecule has 0 radical (unpaired) electrons. The van der Waals surface area contributed by atoms with Crippen LogP contribution in [0.3, 0.4) is 0 Å². The number of aliphatic hydroxyl groups is 1. The molecule has 2 N–H and O–H groups in total. The van der Waals surface area contributed by atoms with Crippen LogP contribution in [0.4, 0.5) is 5.13 Å². The molecule has 0 aliphatic rings. The van der Waals surface area contributed by atoms with E-state index in [2.05, 4.69) is 29.0 Å². The molecule has 0 saturated heterocycles. The number of nitrogens with zero attached hydrogens (tertiary/aromatic N) is 2. The average Bonchev–Trinajstić information content (AvgIpc) is 2.85. The molecule has 0 saturated carbocycles. The van der Waals surface area contributed by atoms with Crippen molar-refractivity contribution in [3.63, 3.8) is 0 Å². The van der Waals surface area contributed by atoms with Crippen LogP contribution in [-0.4, -0.2) is 49.5 Å². The van der Waals surface area contributed by atoms with Gasteiger partial charge in [0.2, 0.25) is 0 Å². The predicted molar refractivity (Wildman–Crippen MR) is 75.3 cm³/mol. The largest absolute Gasteiger partial charge is 0.395 e. The van der Waals surface area contributed by atoms with Crippen LogP contribution in [0.5, 0.6) is 0 Å². The molecular formula is C12H23N3O2S. The zero-order chi connectivity index (χ0) is 13.4. The first kappa shape index (κ1) is 15.4. The van der Waals surface area contributed by atoms with Gasteiger partial charge >= 0.3 is 0 Å². The number of thiazole rings is 1. The molecule has 1 unspecified atom stereocenters. The lowest BCUT2D eigenvalue weighted by atomic mass is 10.3. The summed E-state index contributed by atoms with van der Waals surface area (Å²) in [7, 11) is 1.63. The van der Waals surface area contributed by atoms with Crippen LogP contribution in [0.25, 0.3) is 0 Å². The van der Waals surface area contributed by atoms with Gasteiger partial charge in [-0.2, -0.15) is 0 Å². The molecule has 1 heterocycles. The molecule has 0 aromatic carbocycles. The van der Waals surface area contributed by atoms with Gasteiger partial charge in [-0.15, -0.1) is 11.3 Å². The smallest absolute Gasteiger partial charge is 0.185 e. The number of aliphatic hydroxyl groups excluding tert-OH is 1. The van der Waals surface area contributed by atoms with E-state index in [4.69, 9.17) is 9.84 Å². The highest BCUT2D eigenvalue weighted by atomic mass is 32.1. The Morgan fingerprint density at radius 1 is 1.50 bits per heavy atom. The summed E-state index contributed by atoms with van der Waals surface area (Å²) in [5, 5.41) is 13.5. The van der Waals surface area contributed by atoms with Crippen molar-refractivity contribution in [2.45, 2.75) is 26.4 Å². The topological polar surface area (TPSA) is 57.6 Å². The number of hydrogen-bond donors (Lipinski definition) is 2. The number of nitrogens with one attached hydrogen (secondary N) is 1. The van der Waals surface area contributed by atoms with Gasteiger partial charge in [0, 0.05) is 37.8 Å². The fraction of sp³-hybridized carbons (Fsp3) is 0.750. The summed E-state index contributed by atoms with van der Waals surface area (Å²) in [6, 6.07) is -0.0194. The van der Waals surface area contributed by atoms with Crippen molar-refractivity contribution >= 4 is 16.5 Å². The maximum absolute atomic E-state index is 9.14. The molecule has 0 fully saturated rings. The minimum absolute atomic E-state index is 0.0194. The summed E-state index contributed by atoms with van der Waals surface area (Å²) in [5.41, 5.74) is 0. The molecule has 0 bridgehead atoms. The molecule has 1 aromatic heterocycles. The molecular weight excluding hydrogens is 250 g/mol. The Morgan fingerprint density at radius 2 is 2.22 bits per heavy atom. The van der Waals surface area contributed by atoms with Crippen molar-refractivity contribution in [2.75, 3.05) is 38.3 Å². The van der Waals surface area contributed by atoms with Crippen LogP contribution in [0.15, 0.2) is 6.20 Å². The van der Waals surface area contributed by atoms with Gasteiger partial charge in [-0.1, -0.05) is 0 Å². The molecule has 0 aliphatic carbocycles. The van der Waals surface area contributed by atoms with Crippen molar-refractivity contribution in [2.24, 2.45) is 0 Å². The second kappa shape index (κ2) is 8.42. The fourth-order valence-corrected chi connectivity index (χ4v) is 2.63. The van der Waals surface area contributed by atoms with Crippen LogP contribution in [-0.2, 0) is 11.3 Å². The van der Waals surface area contributed by atoms with Crippen LogP contribution in [0.2, 0.25) is 0 Å². The van der Waals surface area contributed by atoms with E-state index < -0.39 is 0 Å². The average molecular weight is 273 g/mol. The van der Waals surface area contributed by atoms with Crippen molar-refractivity contribution in [3.8, 4) is 0 Å². The highest BCUT2D eigenvalue weighted by Crippen LogP contribution is 2.22. The third-order valence-electron chi connectivity index (χ3n) is 2.73. The second-order valence-corrected chi connectivity index (χ2v) is 5.09. The molecule has 104 valence electrons. The quantitative estimate of drug-likeness (QED) is 0.705. The maximum Gasteiger partial charge on any atom is 0.185 e. The van der Waals surface area contributed by atoms with E-state index in [1.807, 2.05) is 6.20 Å². The van der Waals surface area contributed by atoms with E-state index in [0.29, 0.717) is 13.2 Å². The molecule has 18 heavy (non-hydrogen) atoms. The first-order chi connectivity index (χ1) is 8.74. The van der Waals surface area contributed by atoms with E-state index in [1.165, 1.54) is 4.88 Å². The SMILES string of the molecule is CCN(CC)c1ncc(CNC(CO)COC)s1. The number of rotatable bonds is 9. The Kier molecular flexibility index (Phi) is 7.19. The minimum atomic E-state index is -0.0194. The molecule has 6 heteroatoms. The summed E-state index contributed by atoms with van der Waals surface area (Å²) in [4.78, 5) is 7.82. The first-order valence-corrected chi connectivity index (χ1v) is 7.09. The number of anilines is 1. The summed E-state index contributed by atoms with van der Waals surface area (Å²) in [5.74, 6) is 0.